The van der Waals surface area contributed by atoms with Gasteiger partial charge in [-0.2, -0.15) is 0 Å². The van der Waals surface area contributed by atoms with E-state index in [1.165, 1.54) is 430 Å². The van der Waals surface area contributed by atoms with Crippen LogP contribution in [0.5, 0.6) is 0 Å². The Morgan fingerprint density at radius 2 is 0.478 bits per heavy atom. The highest BCUT2D eigenvalue weighted by Gasteiger charge is 2.35. The van der Waals surface area contributed by atoms with E-state index in [9.17, 15) is 19.8 Å². The minimum absolute atomic E-state index is 0.281. The van der Waals surface area contributed by atoms with Crippen molar-refractivity contribution in [1.82, 2.24) is 0 Å². The maximum atomic E-state index is 12.7. The second kappa shape index (κ2) is 72.4. The molecule has 0 aromatic heterocycles. The maximum absolute atomic E-state index is 12.7. The summed E-state index contributed by atoms with van der Waals surface area (Å²) in [6.07, 6.45) is 102. The van der Waals surface area contributed by atoms with Crippen molar-refractivity contribution < 1.29 is 19.8 Å². The standard InChI is InChI=1S/C86H168O4/c1-4-6-8-10-12-14-16-18-20-22-24-25-26-27-29-34-40-46-52-58-64-70-76-83(86(89)90)85(88)78-72-66-60-54-48-42-36-39-45-51-57-63-69-75-82-79-81(82)74-68-62-56-50-44-38-33-30-31-35-41-47-53-59-65-71-77-84(87)80(3)73-67-61-55-49-43-37-32-28-23-21-19-17-15-13-11-9-7-5-2/h80-83,85,88H,4-79H2,1-3H3,(H,89,90)/t80?,81?,82?,83-,85-/m1/s1. The molecule has 1 saturated carbocycles. The number of aliphatic carboxylic acids is 1. The summed E-state index contributed by atoms with van der Waals surface area (Å²) in [5.74, 6) is 1.58. The Hall–Kier alpha value is -0.900. The number of ketones is 1. The van der Waals surface area contributed by atoms with Gasteiger partial charge < -0.3 is 10.2 Å². The van der Waals surface area contributed by atoms with Crippen molar-refractivity contribution in [3.63, 3.8) is 0 Å². The number of hydrogen-bond acceptors (Lipinski definition) is 3. The highest BCUT2D eigenvalue weighted by molar-refractivity contribution is 5.80. The summed E-state index contributed by atoms with van der Waals surface area (Å²) >= 11 is 0. The average molecular weight is 1270 g/mol. The molecule has 0 heterocycles. The summed E-state index contributed by atoms with van der Waals surface area (Å²) in [5.41, 5.74) is 0. The predicted octanol–water partition coefficient (Wildman–Crippen LogP) is 30.2. The van der Waals surface area contributed by atoms with Crippen molar-refractivity contribution in [2.24, 2.45) is 23.7 Å². The van der Waals surface area contributed by atoms with Gasteiger partial charge >= 0.3 is 5.97 Å². The van der Waals surface area contributed by atoms with Crippen LogP contribution in [0.25, 0.3) is 0 Å². The molecule has 0 radical (unpaired) electrons. The molecule has 0 aromatic carbocycles. The fraction of sp³-hybridized carbons (Fsp3) is 0.977. The molecule has 0 aromatic rings. The van der Waals surface area contributed by atoms with Crippen LogP contribution in [0.2, 0.25) is 0 Å². The number of hydrogen-bond donors (Lipinski definition) is 2. The highest BCUT2D eigenvalue weighted by atomic mass is 16.4. The quantitative estimate of drug-likeness (QED) is 0.0595. The van der Waals surface area contributed by atoms with Crippen LogP contribution in [-0.2, 0) is 9.59 Å². The Morgan fingerprint density at radius 1 is 0.278 bits per heavy atom. The van der Waals surface area contributed by atoms with Gasteiger partial charge in [-0.1, -0.05) is 470 Å². The van der Waals surface area contributed by atoms with Gasteiger partial charge in [0.2, 0.25) is 0 Å². The van der Waals surface area contributed by atoms with Gasteiger partial charge in [0.05, 0.1) is 12.0 Å². The van der Waals surface area contributed by atoms with Gasteiger partial charge in [0.15, 0.2) is 0 Å². The van der Waals surface area contributed by atoms with Crippen LogP contribution in [0.4, 0.5) is 0 Å². The molecule has 0 bridgehead atoms. The summed E-state index contributed by atoms with van der Waals surface area (Å²) in [7, 11) is 0. The number of carbonyl (C=O) groups is 2. The van der Waals surface area contributed by atoms with E-state index in [0.29, 0.717) is 18.6 Å². The summed E-state index contributed by atoms with van der Waals surface area (Å²) in [5, 5.41) is 20.6. The van der Waals surface area contributed by atoms with Crippen LogP contribution in [-0.4, -0.2) is 28.1 Å². The molecule has 4 nitrogen and oxygen atoms in total. The van der Waals surface area contributed by atoms with Crippen LogP contribution in [0.15, 0.2) is 0 Å². The largest absolute Gasteiger partial charge is 0.481 e. The normalized spacial score (nSPS) is 15.1. The fourth-order valence-electron chi connectivity index (χ4n) is 15.3. The molecule has 3 unspecified atom stereocenters. The average Bonchev–Trinajstić information content (AvgIpc) is 4.32. The zero-order chi connectivity index (χ0) is 64.8. The first-order chi connectivity index (χ1) is 44.4. The molecule has 0 aliphatic heterocycles. The maximum Gasteiger partial charge on any atom is 0.309 e. The summed E-state index contributed by atoms with van der Waals surface area (Å²) < 4.78 is 0. The fourth-order valence-corrected chi connectivity index (χ4v) is 15.3. The lowest BCUT2D eigenvalue weighted by molar-refractivity contribution is -0.146. The van der Waals surface area contributed by atoms with Gasteiger partial charge in [-0.3, -0.25) is 9.59 Å². The van der Waals surface area contributed by atoms with Gasteiger partial charge in [0, 0.05) is 12.3 Å². The molecule has 4 heteroatoms. The number of carboxylic acid groups (broad SMARTS) is 1. The van der Waals surface area contributed by atoms with Gasteiger partial charge in [-0.15, -0.1) is 0 Å². The molecule has 0 saturated heterocycles. The molecule has 1 rings (SSSR count). The zero-order valence-corrected chi connectivity index (χ0v) is 62.3. The highest BCUT2D eigenvalue weighted by Crippen LogP contribution is 2.46. The molecule has 90 heavy (non-hydrogen) atoms. The Kier molecular flexibility index (Phi) is 70.0. The molecule has 1 aliphatic carbocycles. The van der Waals surface area contributed by atoms with Crippen molar-refractivity contribution in [3.05, 3.63) is 0 Å². The molecule has 0 amide bonds. The smallest absolute Gasteiger partial charge is 0.309 e. The van der Waals surface area contributed by atoms with Gasteiger partial charge in [0.1, 0.15) is 5.78 Å². The van der Waals surface area contributed by atoms with Crippen molar-refractivity contribution in [2.75, 3.05) is 0 Å². The molecule has 1 fully saturated rings. The minimum Gasteiger partial charge on any atom is -0.481 e. The second-order valence-corrected chi connectivity index (χ2v) is 31.0. The lowest BCUT2D eigenvalue weighted by atomic mass is 9.91. The lowest BCUT2D eigenvalue weighted by Crippen LogP contribution is -2.28. The van der Waals surface area contributed by atoms with Crippen LogP contribution in [0, 0.1) is 23.7 Å². The summed E-state index contributed by atoms with van der Waals surface area (Å²) in [4.78, 5) is 24.7. The Morgan fingerprint density at radius 3 is 0.722 bits per heavy atom. The molecular weight excluding hydrogens is 1100 g/mol. The summed E-state index contributed by atoms with van der Waals surface area (Å²) in [6, 6.07) is 0. The van der Waals surface area contributed by atoms with E-state index < -0.39 is 18.0 Å². The molecule has 0 spiro atoms. The topological polar surface area (TPSA) is 74.6 Å². The van der Waals surface area contributed by atoms with E-state index in [-0.39, 0.29) is 5.92 Å². The molecular formula is C86H168O4. The first-order valence-corrected chi connectivity index (χ1v) is 42.8. The third-order valence-corrected chi connectivity index (χ3v) is 22.1. The summed E-state index contributed by atoms with van der Waals surface area (Å²) in [6.45, 7) is 6.80. The van der Waals surface area contributed by atoms with Gasteiger partial charge in [-0.25, -0.2) is 0 Å². The third-order valence-electron chi connectivity index (χ3n) is 22.1. The van der Waals surface area contributed by atoms with E-state index >= 15 is 0 Å². The van der Waals surface area contributed by atoms with Gasteiger partial charge in [0.25, 0.3) is 0 Å². The van der Waals surface area contributed by atoms with Crippen LogP contribution < -0.4 is 0 Å². The molecule has 1 aliphatic rings. The first kappa shape index (κ1) is 87.1. The molecule has 536 valence electrons. The first-order valence-electron chi connectivity index (χ1n) is 42.8. The van der Waals surface area contributed by atoms with E-state index in [1.807, 2.05) is 0 Å². The molecule has 2 N–H and O–H groups in total. The third kappa shape index (κ3) is 64.4. The van der Waals surface area contributed by atoms with Crippen molar-refractivity contribution in [2.45, 2.75) is 515 Å². The van der Waals surface area contributed by atoms with E-state index in [2.05, 4.69) is 20.8 Å². The monoisotopic (exact) mass is 1270 g/mol. The van der Waals surface area contributed by atoms with Crippen LogP contribution >= 0.6 is 0 Å². The Balaban J connectivity index is 1.74. The van der Waals surface area contributed by atoms with Crippen LogP contribution in [0.1, 0.15) is 509 Å². The number of unbranched alkanes of at least 4 members (excludes halogenated alkanes) is 65. The number of rotatable bonds is 80. The van der Waals surface area contributed by atoms with Crippen molar-refractivity contribution in [1.29, 1.82) is 0 Å². The molecule has 5 atom stereocenters. The van der Waals surface area contributed by atoms with Crippen molar-refractivity contribution in [3.8, 4) is 0 Å². The lowest BCUT2D eigenvalue weighted by Gasteiger charge is -2.19. The van der Waals surface area contributed by atoms with E-state index in [0.717, 1.165) is 56.8 Å². The van der Waals surface area contributed by atoms with Crippen LogP contribution in [0.3, 0.4) is 0 Å². The predicted molar refractivity (Wildman–Crippen MR) is 401 cm³/mol. The number of aliphatic hydroxyl groups is 1. The van der Waals surface area contributed by atoms with E-state index in [1.54, 1.807) is 0 Å². The second-order valence-electron chi connectivity index (χ2n) is 31.0. The van der Waals surface area contributed by atoms with E-state index in [4.69, 9.17) is 0 Å². The number of aliphatic hydroxyl groups excluding tert-OH is 1. The number of Topliss-reactive ketones (excluding diaryl/α,β-unsaturated/α-hetero) is 1. The number of carbonyl (C=O) groups excluding carboxylic acids is 1. The number of carboxylic acids is 1. The Bertz CT molecular complexity index is 1390. The minimum atomic E-state index is -0.800. The SMILES string of the molecule is CCCCCCCCCCCCCCCCCCCCCCCC[C@@H](C(=O)O)[C@H](O)CCCCCCCCCCCCCCCC1CC1CCCCCCCCCCCCCCCCCCC(=O)C(C)CCCCCCCCCCCCCCCCCCCC. The zero-order valence-electron chi connectivity index (χ0n) is 62.3. The Labute approximate surface area is 567 Å². The van der Waals surface area contributed by atoms with Gasteiger partial charge in [-0.05, 0) is 43.9 Å². The van der Waals surface area contributed by atoms with Crippen molar-refractivity contribution >= 4 is 11.8 Å².